The Morgan fingerprint density at radius 1 is 1.53 bits per heavy atom. The maximum absolute atomic E-state index is 10.2. The van der Waals surface area contributed by atoms with Crippen molar-refractivity contribution < 1.29 is 9.84 Å². The molecule has 1 aliphatic heterocycles. The SMILES string of the molecule is Cc1cccc(C(O)CN(C)C2CCOC2)c1. The van der Waals surface area contributed by atoms with Crippen LogP contribution in [0.5, 0.6) is 0 Å². The van der Waals surface area contributed by atoms with Crippen LogP contribution in [0.4, 0.5) is 0 Å². The van der Waals surface area contributed by atoms with E-state index in [0.29, 0.717) is 12.6 Å². The van der Waals surface area contributed by atoms with Crippen LogP contribution in [0.15, 0.2) is 24.3 Å². The van der Waals surface area contributed by atoms with E-state index in [1.165, 1.54) is 5.56 Å². The number of likely N-dealkylation sites (N-methyl/N-ethyl adjacent to an activating group) is 1. The van der Waals surface area contributed by atoms with E-state index in [4.69, 9.17) is 4.74 Å². The van der Waals surface area contributed by atoms with Crippen molar-refractivity contribution in [3.05, 3.63) is 35.4 Å². The molecule has 1 heterocycles. The number of rotatable bonds is 4. The molecule has 1 aliphatic rings. The predicted octanol–water partition coefficient (Wildman–Crippen LogP) is 1.75. The first-order valence-corrected chi connectivity index (χ1v) is 6.19. The van der Waals surface area contributed by atoms with Crippen LogP contribution >= 0.6 is 0 Å². The summed E-state index contributed by atoms with van der Waals surface area (Å²) < 4.78 is 5.36. The molecule has 1 fully saturated rings. The summed E-state index contributed by atoms with van der Waals surface area (Å²) in [6, 6.07) is 8.52. The number of benzene rings is 1. The summed E-state index contributed by atoms with van der Waals surface area (Å²) in [5.74, 6) is 0. The van der Waals surface area contributed by atoms with E-state index in [-0.39, 0.29) is 0 Å². The average molecular weight is 235 g/mol. The van der Waals surface area contributed by atoms with Crippen molar-refractivity contribution in [2.24, 2.45) is 0 Å². The molecule has 1 saturated heterocycles. The van der Waals surface area contributed by atoms with Crippen molar-refractivity contribution in [1.29, 1.82) is 0 Å². The monoisotopic (exact) mass is 235 g/mol. The highest BCUT2D eigenvalue weighted by atomic mass is 16.5. The maximum Gasteiger partial charge on any atom is 0.0917 e. The second kappa shape index (κ2) is 5.63. The van der Waals surface area contributed by atoms with Crippen LogP contribution in [0.2, 0.25) is 0 Å². The lowest BCUT2D eigenvalue weighted by Gasteiger charge is -2.25. The van der Waals surface area contributed by atoms with E-state index >= 15 is 0 Å². The number of aryl methyl sites for hydroxylation is 1. The van der Waals surface area contributed by atoms with Gasteiger partial charge in [-0.1, -0.05) is 29.8 Å². The molecule has 1 aromatic rings. The summed E-state index contributed by atoms with van der Waals surface area (Å²) >= 11 is 0. The summed E-state index contributed by atoms with van der Waals surface area (Å²) in [6.07, 6.45) is 0.650. The van der Waals surface area contributed by atoms with Gasteiger partial charge >= 0.3 is 0 Å². The molecule has 0 radical (unpaired) electrons. The van der Waals surface area contributed by atoms with Crippen molar-refractivity contribution in [2.75, 3.05) is 26.8 Å². The zero-order valence-corrected chi connectivity index (χ0v) is 10.6. The van der Waals surface area contributed by atoms with E-state index in [2.05, 4.69) is 11.9 Å². The fourth-order valence-corrected chi connectivity index (χ4v) is 2.27. The first-order chi connectivity index (χ1) is 8.16. The molecule has 0 amide bonds. The van der Waals surface area contributed by atoms with Gasteiger partial charge in [0.2, 0.25) is 0 Å². The Balaban J connectivity index is 1.93. The van der Waals surface area contributed by atoms with E-state index in [1.807, 2.05) is 31.2 Å². The number of aliphatic hydroxyl groups excluding tert-OH is 1. The molecule has 0 aromatic heterocycles. The molecule has 0 aliphatic carbocycles. The summed E-state index contributed by atoms with van der Waals surface area (Å²) in [4.78, 5) is 2.19. The molecule has 3 nitrogen and oxygen atoms in total. The van der Waals surface area contributed by atoms with Crippen molar-refractivity contribution in [2.45, 2.75) is 25.5 Å². The van der Waals surface area contributed by atoms with E-state index in [1.54, 1.807) is 0 Å². The molecule has 2 atom stereocenters. The normalized spacial score (nSPS) is 22.0. The maximum atomic E-state index is 10.2. The largest absolute Gasteiger partial charge is 0.387 e. The Kier molecular flexibility index (Phi) is 4.15. The van der Waals surface area contributed by atoms with Crippen molar-refractivity contribution in [1.82, 2.24) is 4.90 Å². The van der Waals surface area contributed by atoms with Crippen LogP contribution in [-0.2, 0) is 4.74 Å². The summed E-state index contributed by atoms with van der Waals surface area (Å²) in [5, 5.41) is 10.2. The fraction of sp³-hybridized carbons (Fsp3) is 0.571. The minimum atomic E-state index is -0.416. The van der Waals surface area contributed by atoms with Gasteiger partial charge in [-0.15, -0.1) is 0 Å². The molecule has 3 heteroatoms. The highest BCUT2D eigenvalue weighted by Crippen LogP contribution is 2.18. The highest BCUT2D eigenvalue weighted by Gasteiger charge is 2.22. The molecule has 2 rings (SSSR count). The lowest BCUT2D eigenvalue weighted by atomic mass is 10.1. The van der Waals surface area contributed by atoms with Crippen molar-refractivity contribution in [3.8, 4) is 0 Å². The van der Waals surface area contributed by atoms with Crippen LogP contribution in [-0.4, -0.2) is 42.9 Å². The van der Waals surface area contributed by atoms with Gasteiger partial charge in [-0.2, -0.15) is 0 Å². The smallest absolute Gasteiger partial charge is 0.0917 e. The van der Waals surface area contributed by atoms with Gasteiger partial charge < -0.3 is 9.84 Å². The standard InChI is InChI=1S/C14H21NO2/c1-11-4-3-5-12(8-11)14(16)9-15(2)13-6-7-17-10-13/h3-5,8,13-14,16H,6-7,9-10H2,1-2H3. The molecule has 2 unspecified atom stereocenters. The molecular formula is C14H21NO2. The van der Waals surface area contributed by atoms with Gasteiger partial charge in [-0.25, -0.2) is 0 Å². The van der Waals surface area contributed by atoms with E-state index < -0.39 is 6.10 Å². The van der Waals surface area contributed by atoms with Crippen molar-refractivity contribution in [3.63, 3.8) is 0 Å². The number of nitrogens with zero attached hydrogens (tertiary/aromatic N) is 1. The van der Waals surface area contributed by atoms with Gasteiger partial charge in [-0.05, 0) is 26.0 Å². The quantitative estimate of drug-likeness (QED) is 0.863. The zero-order valence-electron chi connectivity index (χ0n) is 10.6. The predicted molar refractivity (Wildman–Crippen MR) is 68.0 cm³/mol. The number of aliphatic hydroxyl groups is 1. The zero-order chi connectivity index (χ0) is 12.3. The van der Waals surface area contributed by atoms with Crippen LogP contribution in [0.25, 0.3) is 0 Å². The first kappa shape index (κ1) is 12.6. The minimum absolute atomic E-state index is 0.416. The molecule has 0 saturated carbocycles. The van der Waals surface area contributed by atoms with Gasteiger partial charge in [0, 0.05) is 19.2 Å². The van der Waals surface area contributed by atoms with E-state index in [9.17, 15) is 5.11 Å². The highest BCUT2D eigenvalue weighted by molar-refractivity contribution is 5.24. The molecule has 1 N–H and O–H groups in total. The summed E-state index contributed by atoms with van der Waals surface area (Å²) in [7, 11) is 2.05. The Morgan fingerprint density at radius 2 is 2.35 bits per heavy atom. The molecule has 0 spiro atoms. The Morgan fingerprint density at radius 3 is 3.00 bits per heavy atom. The molecule has 94 valence electrons. The minimum Gasteiger partial charge on any atom is -0.387 e. The van der Waals surface area contributed by atoms with Crippen LogP contribution in [0.1, 0.15) is 23.7 Å². The van der Waals surface area contributed by atoms with Crippen LogP contribution in [0, 0.1) is 6.92 Å². The van der Waals surface area contributed by atoms with Gasteiger partial charge in [0.15, 0.2) is 0 Å². The fourth-order valence-electron chi connectivity index (χ4n) is 2.27. The molecular weight excluding hydrogens is 214 g/mol. The van der Waals surface area contributed by atoms with Gasteiger partial charge in [0.25, 0.3) is 0 Å². The number of hydrogen-bond donors (Lipinski definition) is 1. The first-order valence-electron chi connectivity index (χ1n) is 6.19. The Hall–Kier alpha value is -0.900. The Bertz CT molecular complexity index is 361. The second-order valence-electron chi connectivity index (χ2n) is 4.89. The van der Waals surface area contributed by atoms with Gasteiger partial charge in [-0.3, -0.25) is 4.90 Å². The van der Waals surface area contributed by atoms with E-state index in [0.717, 1.165) is 25.2 Å². The summed E-state index contributed by atoms with van der Waals surface area (Å²) in [5.41, 5.74) is 2.18. The lowest BCUT2D eigenvalue weighted by molar-refractivity contribution is 0.0950. The summed E-state index contributed by atoms with van der Waals surface area (Å²) in [6.45, 7) is 4.34. The molecule has 17 heavy (non-hydrogen) atoms. The third kappa shape index (κ3) is 3.28. The van der Waals surface area contributed by atoms with Gasteiger partial charge in [0.1, 0.15) is 0 Å². The van der Waals surface area contributed by atoms with Crippen LogP contribution in [0.3, 0.4) is 0 Å². The van der Waals surface area contributed by atoms with Gasteiger partial charge in [0.05, 0.1) is 12.7 Å². The number of hydrogen-bond acceptors (Lipinski definition) is 3. The third-order valence-corrected chi connectivity index (χ3v) is 3.42. The third-order valence-electron chi connectivity index (χ3n) is 3.42. The van der Waals surface area contributed by atoms with Crippen molar-refractivity contribution >= 4 is 0 Å². The van der Waals surface area contributed by atoms with Crippen LogP contribution < -0.4 is 0 Å². The topological polar surface area (TPSA) is 32.7 Å². The second-order valence-corrected chi connectivity index (χ2v) is 4.89. The molecule has 1 aromatic carbocycles. The average Bonchev–Trinajstić information content (AvgIpc) is 2.82. The Labute approximate surface area is 103 Å². The number of ether oxygens (including phenoxy) is 1. The molecule has 0 bridgehead atoms. The lowest BCUT2D eigenvalue weighted by Crippen LogP contribution is -2.35.